The van der Waals surface area contributed by atoms with Crippen molar-refractivity contribution in [2.45, 2.75) is 12.9 Å². The standard InChI is InChI=1S/C11H11NO2S/c13-11(10-3-5-15-8-10)14-7-9-2-1-4-12-6-9/h1-6,8,11,13H,7H2. The lowest BCUT2D eigenvalue weighted by atomic mass is 10.3. The number of aliphatic hydroxyl groups excluding tert-OH is 1. The smallest absolute Gasteiger partial charge is 0.182 e. The predicted molar refractivity (Wildman–Crippen MR) is 58.3 cm³/mol. The van der Waals surface area contributed by atoms with Gasteiger partial charge in [0.15, 0.2) is 6.29 Å². The second kappa shape index (κ2) is 5.02. The number of aromatic nitrogens is 1. The van der Waals surface area contributed by atoms with Crippen molar-refractivity contribution in [2.24, 2.45) is 0 Å². The summed E-state index contributed by atoms with van der Waals surface area (Å²) >= 11 is 1.54. The molecular weight excluding hydrogens is 210 g/mol. The lowest BCUT2D eigenvalue weighted by molar-refractivity contribution is -0.111. The van der Waals surface area contributed by atoms with Gasteiger partial charge < -0.3 is 9.84 Å². The highest BCUT2D eigenvalue weighted by atomic mass is 32.1. The summed E-state index contributed by atoms with van der Waals surface area (Å²) in [5, 5.41) is 13.4. The van der Waals surface area contributed by atoms with E-state index < -0.39 is 6.29 Å². The maximum atomic E-state index is 9.63. The summed E-state index contributed by atoms with van der Waals surface area (Å²) in [4.78, 5) is 3.97. The second-order valence-corrected chi connectivity index (χ2v) is 3.86. The van der Waals surface area contributed by atoms with E-state index in [1.807, 2.05) is 29.0 Å². The van der Waals surface area contributed by atoms with Crippen LogP contribution in [0.15, 0.2) is 41.4 Å². The van der Waals surface area contributed by atoms with E-state index in [4.69, 9.17) is 4.74 Å². The maximum absolute atomic E-state index is 9.63. The Hall–Kier alpha value is -1.23. The summed E-state index contributed by atoms with van der Waals surface area (Å²) < 4.78 is 5.29. The fraction of sp³-hybridized carbons (Fsp3) is 0.182. The van der Waals surface area contributed by atoms with Crippen molar-refractivity contribution in [1.82, 2.24) is 4.98 Å². The highest BCUT2D eigenvalue weighted by Crippen LogP contribution is 2.18. The molecule has 0 amide bonds. The van der Waals surface area contributed by atoms with Gasteiger partial charge in [-0.25, -0.2) is 0 Å². The highest BCUT2D eigenvalue weighted by Gasteiger charge is 2.07. The van der Waals surface area contributed by atoms with Crippen LogP contribution in [-0.4, -0.2) is 10.1 Å². The lowest BCUT2D eigenvalue weighted by Crippen LogP contribution is -2.02. The molecule has 1 N–H and O–H groups in total. The maximum Gasteiger partial charge on any atom is 0.182 e. The van der Waals surface area contributed by atoms with Gasteiger partial charge in [0, 0.05) is 18.0 Å². The van der Waals surface area contributed by atoms with Crippen molar-refractivity contribution in [3.63, 3.8) is 0 Å². The molecule has 0 aliphatic carbocycles. The van der Waals surface area contributed by atoms with Crippen LogP contribution in [0, 0.1) is 0 Å². The van der Waals surface area contributed by atoms with Gasteiger partial charge in [-0.15, -0.1) is 0 Å². The van der Waals surface area contributed by atoms with E-state index in [2.05, 4.69) is 4.98 Å². The molecule has 0 saturated heterocycles. The molecular formula is C11H11NO2S. The minimum absolute atomic E-state index is 0.366. The van der Waals surface area contributed by atoms with Gasteiger partial charge in [-0.05, 0) is 28.5 Å². The first-order valence-electron chi connectivity index (χ1n) is 4.57. The fourth-order valence-electron chi connectivity index (χ4n) is 1.17. The number of hydrogen-bond acceptors (Lipinski definition) is 4. The van der Waals surface area contributed by atoms with Crippen LogP contribution in [-0.2, 0) is 11.3 Å². The third-order valence-corrected chi connectivity index (χ3v) is 2.66. The monoisotopic (exact) mass is 221 g/mol. The Morgan fingerprint density at radius 3 is 3.07 bits per heavy atom. The van der Waals surface area contributed by atoms with Crippen LogP contribution in [0.5, 0.6) is 0 Å². The van der Waals surface area contributed by atoms with E-state index in [0.29, 0.717) is 6.61 Å². The van der Waals surface area contributed by atoms with Gasteiger partial charge in [-0.1, -0.05) is 6.07 Å². The number of pyridine rings is 1. The number of nitrogens with zero attached hydrogens (tertiary/aromatic N) is 1. The zero-order valence-electron chi connectivity index (χ0n) is 8.04. The summed E-state index contributed by atoms with van der Waals surface area (Å²) in [5.74, 6) is 0. The Bertz CT molecular complexity index is 388. The number of rotatable bonds is 4. The van der Waals surface area contributed by atoms with Gasteiger partial charge >= 0.3 is 0 Å². The SMILES string of the molecule is OC(OCc1cccnc1)c1ccsc1. The van der Waals surface area contributed by atoms with Crippen molar-refractivity contribution in [2.75, 3.05) is 0 Å². The van der Waals surface area contributed by atoms with E-state index in [1.165, 1.54) is 11.3 Å². The van der Waals surface area contributed by atoms with Crippen LogP contribution in [0.25, 0.3) is 0 Å². The number of hydrogen-bond donors (Lipinski definition) is 1. The fourth-order valence-corrected chi connectivity index (χ4v) is 1.84. The molecule has 0 aliphatic heterocycles. The Labute approximate surface area is 92.0 Å². The van der Waals surface area contributed by atoms with Gasteiger partial charge in [-0.3, -0.25) is 4.98 Å². The minimum atomic E-state index is -0.851. The van der Waals surface area contributed by atoms with Gasteiger partial charge in [0.05, 0.1) is 6.61 Å². The molecule has 2 rings (SSSR count). The van der Waals surface area contributed by atoms with Crippen molar-refractivity contribution in [3.05, 3.63) is 52.5 Å². The molecule has 0 radical (unpaired) electrons. The molecule has 0 fully saturated rings. The van der Waals surface area contributed by atoms with Crippen molar-refractivity contribution in [1.29, 1.82) is 0 Å². The van der Waals surface area contributed by atoms with Crippen molar-refractivity contribution < 1.29 is 9.84 Å². The average molecular weight is 221 g/mol. The molecule has 0 bridgehead atoms. The summed E-state index contributed by atoms with van der Waals surface area (Å²) in [6.45, 7) is 0.366. The Kier molecular flexibility index (Phi) is 3.45. The van der Waals surface area contributed by atoms with Gasteiger partial charge in [-0.2, -0.15) is 11.3 Å². The first-order chi connectivity index (χ1) is 7.36. The van der Waals surface area contributed by atoms with E-state index >= 15 is 0 Å². The van der Waals surface area contributed by atoms with E-state index in [0.717, 1.165) is 11.1 Å². The lowest BCUT2D eigenvalue weighted by Gasteiger charge is -2.09. The van der Waals surface area contributed by atoms with Crippen molar-refractivity contribution in [3.8, 4) is 0 Å². The molecule has 4 heteroatoms. The normalized spacial score (nSPS) is 12.6. The molecule has 2 heterocycles. The Morgan fingerprint density at radius 1 is 1.47 bits per heavy atom. The molecule has 3 nitrogen and oxygen atoms in total. The van der Waals surface area contributed by atoms with Gasteiger partial charge in [0.2, 0.25) is 0 Å². The number of aliphatic hydroxyl groups is 1. The molecule has 2 aromatic heterocycles. The number of ether oxygens (including phenoxy) is 1. The predicted octanol–water partition coefficient (Wildman–Crippen LogP) is 2.35. The molecule has 78 valence electrons. The first kappa shape index (κ1) is 10.3. The quantitative estimate of drug-likeness (QED) is 0.806. The summed E-state index contributed by atoms with van der Waals surface area (Å²) in [5.41, 5.74) is 1.75. The molecule has 15 heavy (non-hydrogen) atoms. The summed E-state index contributed by atoms with van der Waals surface area (Å²) in [6, 6.07) is 5.60. The molecule has 1 atom stereocenters. The van der Waals surface area contributed by atoms with Crippen molar-refractivity contribution >= 4 is 11.3 Å². The first-order valence-corrected chi connectivity index (χ1v) is 5.51. The zero-order chi connectivity index (χ0) is 10.5. The van der Waals surface area contributed by atoms with E-state index in [1.54, 1.807) is 12.4 Å². The Morgan fingerprint density at radius 2 is 2.40 bits per heavy atom. The number of thiophene rings is 1. The topological polar surface area (TPSA) is 42.4 Å². The third-order valence-electron chi connectivity index (χ3n) is 1.96. The van der Waals surface area contributed by atoms with Crippen LogP contribution in [0.4, 0.5) is 0 Å². The molecule has 0 saturated carbocycles. The van der Waals surface area contributed by atoms with Crippen LogP contribution < -0.4 is 0 Å². The van der Waals surface area contributed by atoms with Gasteiger partial charge in [0.25, 0.3) is 0 Å². The molecule has 0 aromatic carbocycles. The minimum Gasteiger partial charge on any atom is -0.364 e. The van der Waals surface area contributed by atoms with Crippen LogP contribution in [0.2, 0.25) is 0 Å². The Balaban J connectivity index is 1.89. The molecule has 0 aliphatic rings. The van der Waals surface area contributed by atoms with Crippen LogP contribution in [0.3, 0.4) is 0 Å². The average Bonchev–Trinajstić information content (AvgIpc) is 2.81. The zero-order valence-corrected chi connectivity index (χ0v) is 8.85. The largest absolute Gasteiger partial charge is 0.364 e. The molecule has 1 unspecified atom stereocenters. The molecule has 2 aromatic rings. The second-order valence-electron chi connectivity index (χ2n) is 3.08. The highest BCUT2D eigenvalue weighted by molar-refractivity contribution is 7.07. The van der Waals surface area contributed by atoms with Crippen LogP contribution >= 0.6 is 11.3 Å². The summed E-state index contributed by atoms with van der Waals surface area (Å²) in [6.07, 6.45) is 2.58. The van der Waals surface area contributed by atoms with Crippen LogP contribution in [0.1, 0.15) is 17.4 Å². The van der Waals surface area contributed by atoms with E-state index in [-0.39, 0.29) is 0 Å². The third kappa shape index (κ3) is 2.86. The van der Waals surface area contributed by atoms with Gasteiger partial charge in [0.1, 0.15) is 0 Å². The molecule has 0 spiro atoms. The summed E-state index contributed by atoms with van der Waals surface area (Å²) in [7, 11) is 0. The van der Waals surface area contributed by atoms with E-state index in [9.17, 15) is 5.11 Å².